The molecule has 2 aliphatic rings. The summed E-state index contributed by atoms with van der Waals surface area (Å²) in [6.45, 7) is 5.20. The molecular formula is C20H40N2O2. The monoisotopic (exact) mass is 340 g/mol. The Balaban J connectivity index is 1.34. The lowest BCUT2D eigenvalue weighted by Gasteiger charge is -2.18. The Morgan fingerprint density at radius 1 is 0.583 bits per heavy atom. The van der Waals surface area contributed by atoms with Crippen LogP contribution in [0.3, 0.4) is 0 Å². The van der Waals surface area contributed by atoms with Gasteiger partial charge in [-0.05, 0) is 88.4 Å². The van der Waals surface area contributed by atoms with Gasteiger partial charge in [-0.15, -0.1) is 0 Å². The molecule has 4 atom stereocenters. The third-order valence-electron chi connectivity index (χ3n) is 6.37. The van der Waals surface area contributed by atoms with Crippen molar-refractivity contribution >= 4 is 0 Å². The SMILES string of the molecule is OCC1CCCC1CNCCCCCCNCC1CCCC1CO. The standard InChI is InChI=1S/C20H40N2O2/c23-15-19-9-5-7-17(19)13-21-11-3-1-2-4-12-22-14-18-8-6-10-20(18)16-24/h17-24H,1-16H2. The summed E-state index contributed by atoms with van der Waals surface area (Å²) in [5, 5.41) is 25.8. The average Bonchev–Trinajstić information content (AvgIpc) is 3.24. The maximum Gasteiger partial charge on any atom is 0.0462 e. The van der Waals surface area contributed by atoms with E-state index >= 15 is 0 Å². The second-order valence-electron chi connectivity index (χ2n) is 8.09. The highest BCUT2D eigenvalue weighted by atomic mass is 16.3. The Kier molecular flexibility index (Phi) is 10.3. The maximum atomic E-state index is 9.33. The zero-order valence-electron chi connectivity index (χ0n) is 15.5. The van der Waals surface area contributed by atoms with E-state index in [0.717, 1.165) is 26.2 Å². The van der Waals surface area contributed by atoms with Crippen LogP contribution in [0.2, 0.25) is 0 Å². The lowest BCUT2D eigenvalue weighted by atomic mass is 9.97. The fourth-order valence-electron chi connectivity index (χ4n) is 4.67. The molecule has 0 heterocycles. The summed E-state index contributed by atoms with van der Waals surface area (Å²) >= 11 is 0. The Morgan fingerprint density at radius 3 is 1.42 bits per heavy atom. The van der Waals surface area contributed by atoms with E-state index in [9.17, 15) is 10.2 Å². The van der Waals surface area contributed by atoms with E-state index in [1.165, 1.54) is 64.2 Å². The summed E-state index contributed by atoms with van der Waals surface area (Å²) in [4.78, 5) is 0. The van der Waals surface area contributed by atoms with E-state index in [4.69, 9.17) is 0 Å². The van der Waals surface area contributed by atoms with Crippen molar-refractivity contribution in [2.24, 2.45) is 23.7 Å². The number of hydrogen-bond donors (Lipinski definition) is 4. The number of unbranched alkanes of at least 4 members (excludes halogenated alkanes) is 3. The zero-order valence-corrected chi connectivity index (χ0v) is 15.5. The molecule has 2 rings (SSSR count). The van der Waals surface area contributed by atoms with Gasteiger partial charge in [0.25, 0.3) is 0 Å². The topological polar surface area (TPSA) is 64.5 Å². The number of aliphatic hydroxyl groups excluding tert-OH is 2. The van der Waals surface area contributed by atoms with Crippen LogP contribution in [-0.4, -0.2) is 49.6 Å². The first-order valence-electron chi connectivity index (χ1n) is 10.5. The summed E-state index contributed by atoms with van der Waals surface area (Å²) in [7, 11) is 0. The molecule has 4 heteroatoms. The highest BCUT2D eigenvalue weighted by Gasteiger charge is 2.26. The minimum atomic E-state index is 0.374. The average molecular weight is 341 g/mol. The van der Waals surface area contributed by atoms with Crippen molar-refractivity contribution in [3.05, 3.63) is 0 Å². The first kappa shape index (κ1) is 20.2. The van der Waals surface area contributed by atoms with Crippen molar-refractivity contribution in [2.45, 2.75) is 64.2 Å². The third kappa shape index (κ3) is 6.99. The molecule has 0 radical (unpaired) electrons. The van der Waals surface area contributed by atoms with E-state index in [0.29, 0.717) is 36.9 Å². The molecule has 4 N–H and O–H groups in total. The summed E-state index contributed by atoms with van der Waals surface area (Å²) < 4.78 is 0. The van der Waals surface area contributed by atoms with Crippen LogP contribution in [0.5, 0.6) is 0 Å². The Hall–Kier alpha value is -0.160. The normalized spacial score (nSPS) is 30.2. The molecule has 0 aromatic carbocycles. The second-order valence-corrected chi connectivity index (χ2v) is 8.09. The molecule has 0 bridgehead atoms. The number of nitrogens with one attached hydrogen (secondary N) is 2. The summed E-state index contributed by atoms with van der Waals surface area (Å²) in [6, 6.07) is 0. The van der Waals surface area contributed by atoms with Gasteiger partial charge in [-0.3, -0.25) is 0 Å². The largest absolute Gasteiger partial charge is 0.396 e. The zero-order chi connectivity index (χ0) is 17.0. The number of hydrogen-bond acceptors (Lipinski definition) is 4. The Labute approximate surface area is 148 Å². The predicted octanol–water partition coefficient (Wildman–Crippen LogP) is 2.54. The van der Waals surface area contributed by atoms with Crippen LogP contribution < -0.4 is 10.6 Å². The number of aliphatic hydroxyl groups is 2. The van der Waals surface area contributed by atoms with Gasteiger partial charge in [0.1, 0.15) is 0 Å². The smallest absolute Gasteiger partial charge is 0.0462 e. The van der Waals surface area contributed by atoms with Gasteiger partial charge in [-0.1, -0.05) is 25.7 Å². The first-order valence-corrected chi connectivity index (χ1v) is 10.5. The van der Waals surface area contributed by atoms with Crippen molar-refractivity contribution in [3.63, 3.8) is 0 Å². The minimum absolute atomic E-state index is 0.374. The first-order chi connectivity index (χ1) is 11.8. The van der Waals surface area contributed by atoms with E-state index < -0.39 is 0 Å². The van der Waals surface area contributed by atoms with Gasteiger partial charge in [-0.2, -0.15) is 0 Å². The fraction of sp³-hybridized carbons (Fsp3) is 1.00. The molecule has 142 valence electrons. The Morgan fingerprint density at radius 2 is 1.00 bits per heavy atom. The molecule has 2 aliphatic carbocycles. The van der Waals surface area contributed by atoms with Crippen LogP contribution in [-0.2, 0) is 0 Å². The molecule has 0 spiro atoms. The van der Waals surface area contributed by atoms with Crippen molar-refractivity contribution in [1.82, 2.24) is 10.6 Å². The van der Waals surface area contributed by atoms with Crippen molar-refractivity contribution in [2.75, 3.05) is 39.4 Å². The van der Waals surface area contributed by atoms with E-state index in [-0.39, 0.29) is 0 Å². The van der Waals surface area contributed by atoms with Gasteiger partial charge < -0.3 is 20.8 Å². The lowest BCUT2D eigenvalue weighted by molar-refractivity contribution is 0.192. The van der Waals surface area contributed by atoms with Crippen LogP contribution in [0.25, 0.3) is 0 Å². The van der Waals surface area contributed by atoms with Gasteiger partial charge in [0.05, 0.1) is 0 Å². The van der Waals surface area contributed by atoms with Crippen LogP contribution in [0.15, 0.2) is 0 Å². The minimum Gasteiger partial charge on any atom is -0.396 e. The van der Waals surface area contributed by atoms with Gasteiger partial charge in [0.2, 0.25) is 0 Å². The van der Waals surface area contributed by atoms with E-state index in [1.807, 2.05) is 0 Å². The summed E-state index contributed by atoms with van der Waals surface area (Å²) in [5.41, 5.74) is 0. The molecule has 0 aromatic heterocycles. The molecule has 2 saturated carbocycles. The van der Waals surface area contributed by atoms with Crippen LogP contribution in [0.4, 0.5) is 0 Å². The highest BCUT2D eigenvalue weighted by Crippen LogP contribution is 2.31. The molecule has 2 fully saturated rings. The fourth-order valence-corrected chi connectivity index (χ4v) is 4.67. The van der Waals surface area contributed by atoms with Gasteiger partial charge in [0.15, 0.2) is 0 Å². The van der Waals surface area contributed by atoms with E-state index in [1.54, 1.807) is 0 Å². The highest BCUT2D eigenvalue weighted by molar-refractivity contribution is 4.79. The van der Waals surface area contributed by atoms with Gasteiger partial charge in [-0.25, -0.2) is 0 Å². The molecule has 24 heavy (non-hydrogen) atoms. The van der Waals surface area contributed by atoms with Gasteiger partial charge >= 0.3 is 0 Å². The quantitative estimate of drug-likeness (QED) is 0.389. The van der Waals surface area contributed by atoms with Gasteiger partial charge in [0, 0.05) is 13.2 Å². The molecule has 4 unspecified atom stereocenters. The molecule has 0 aliphatic heterocycles. The third-order valence-corrected chi connectivity index (χ3v) is 6.37. The Bertz CT molecular complexity index is 284. The van der Waals surface area contributed by atoms with Crippen molar-refractivity contribution in [1.29, 1.82) is 0 Å². The van der Waals surface area contributed by atoms with Crippen LogP contribution in [0.1, 0.15) is 64.2 Å². The van der Waals surface area contributed by atoms with Crippen LogP contribution in [0, 0.1) is 23.7 Å². The van der Waals surface area contributed by atoms with Crippen molar-refractivity contribution < 1.29 is 10.2 Å². The molecule has 0 saturated heterocycles. The van der Waals surface area contributed by atoms with Crippen LogP contribution >= 0.6 is 0 Å². The summed E-state index contributed by atoms with van der Waals surface area (Å²) in [5.74, 6) is 2.51. The summed E-state index contributed by atoms with van der Waals surface area (Å²) in [6.07, 6.45) is 12.8. The van der Waals surface area contributed by atoms with Crippen molar-refractivity contribution in [3.8, 4) is 0 Å². The number of rotatable bonds is 13. The maximum absolute atomic E-state index is 9.33. The molecular weight excluding hydrogens is 300 g/mol. The molecule has 4 nitrogen and oxygen atoms in total. The molecule has 0 aromatic rings. The second kappa shape index (κ2) is 12.2. The molecule has 0 amide bonds. The van der Waals surface area contributed by atoms with E-state index in [2.05, 4.69) is 10.6 Å². The predicted molar refractivity (Wildman–Crippen MR) is 100 cm³/mol. The lowest BCUT2D eigenvalue weighted by Crippen LogP contribution is -2.28.